The molecule has 2 unspecified atom stereocenters. The van der Waals surface area contributed by atoms with Crippen molar-refractivity contribution in [1.82, 2.24) is 10.6 Å². The van der Waals surface area contributed by atoms with Crippen molar-refractivity contribution in [2.24, 2.45) is 5.41 Å². The molecule has 0 bridgehead atoms. The van der Waals surface area contributed by atoms with Gasteiger partial charge in [0, 0.05) is 18.5 Å². The van der Waals surface area contributed by atoms with E-state index in [0.717, 1.165) is 25.8 Å². The van der Waals surface area contributed by atoms with Crippen LogP contribution >= 0.6 is 12.4 Å². The van der Waals surface area contributed by atoms with E-state index in [0.29, 0.717) is 23.9 Å². The molecule has 2 atom stereocenters. The molecule has 0 aromatic heterocycles. The average Bonchev–Trinajstić information content (AvgIpc) is 2.66. The third kappa shape index (κ3) is 7.93. The first kappa shape index (κ1) is 17.7. The summed E-state index contributed by atoms with van der Waals surface area (Å²) >= 11 is 0. The molecule has 4 heteroatoms. The molecular weight excluding hydrogens is 248 g/mol. The lowest BCUT2D eigenvalue weighted by Gasteiger charge is -2.22. The molecule has 0 radical (unpaired) electrons. The number of hydrogen-bond donors (Lipinski definition) is 2. The van der Waals surface area contributed by atoms with E-state index in [-0.39, 0.29) is 18.3 Å². The molecule has 1 rings (SSSR count). The van der Waals surface area contributed by atoms with E-state index < -0.39 is 0 Å². The van der Waals surface area contributed by atoms with Crippen LogP contribution < -0.4 is 10.6 Å². The molecule has 0 aromatic carbocycles. The van der Waals surface area contributed by atoms with Crippen molar-refractivity contribution in [1.29, 1.82) is 0 Å². The largest absolute Gasteiger partial charge is 0.354 e. The Hall–Kier alpha value is -0.280. The predicted molar refractivity (Wildman–Crippen MR) is 79.2 cm³/mol. The van der Waals surface area contributed by atoms with E-state index in [9.17, 15) is 4.79 Å². The molecule has 1 heterocycles. The van der Waals surface area contributed by atoms with Crippen LogP contribution in [0.15, 0.2) is 0 Å². The SMILES string of the molecule is CC(CCC(C)(C)C)NC(=O)CC1CCCN1.Cl. The zero-order valence-corrected chi connectivity index (χ0v) is 13.0. The Kier molecular flexibility index (Phi) is 7.88. The minimum atomic E-state index is 0. The van der Waals surface area contributed by atoms with Crippen molar-refractivity contribution in [3.05, 3.63) is 0 Å². The van der Waals surface area contributed by atoms with Crippen LogP contribution in [0.5, 0.6) is 0 Å². The fourth-order valence-corrected chi connectivity index (χ4v) is 2.21. The molecule has 0 aromatic rings. The summed E-state index contributed by atoms with van der Waals surface area (Å²) in [5, 5.41) is 6.46. The third-order valence-electron chi connectivity index (χ3n) is 3.33. The molecule has 0 saturated carbocycles. The van der Waals surface area contributed by atoms with Crippen LogP contribution in [0.25, 0.3) is 0 Å². The summed E-state index contributed by atoms with van der Waals surface area (Å²) in [5.74, 6) is 0.200. The van der Waals surface area contributed by atoms with Gasteiger partial charge in [-0.2, -0.15) is 0 Å². The molecule has 3 nitrogen and oxygen atoms in total. The number of carbonyl (C=O) groups excluding carboxylic acids is 1. The maximum atomic E-state index is 11.8. The first-order valence-electron chi connectivity index (χ1n) is 6.89. The molecule has 108 valence electrons. The van der Waals surface area contributed by atoms with Gasteiger partial charge in [0.25, 0.3) is 0 Å². The molecule has 2 N–H and O–H groups in total. The monoisotopic (exact) mass is 276 g/mol. The molecule has 18 heavy (non-hydrogen) atoms. The second kappa shape index (κ2) is 8.00. The van der Waals surface area contributed by atoms with E-state index in [4.69, 9.17) is 0 Å². The van der Waals surface area contributed by atoms with Crippen LogP contribution in [0.2, 0.25) is 0 Å². The van der Waals surface area contributed by atoms with Crippen LogP contribution in [0.3, 0.4) is 0 Å². The second-order valence-corrected chi connectivity index (χ2v) is 6.57. The predicted octanol–water partition coefficient (Wildman–Crippen LogP) is 2.88. The molecular formula is C14H29ClN2O. The number of hydrogen-bond acceptors (Lipinski definition) is 2. The number of halogens is 1. The highest BCUT2D eigenvalue weighted by Crippen LogP contribution is 2.21. The van der Waals surface area contributed by atoms with E-state index >= 15 is 0 Å². The molecule has 0 spiro atoms. The van der Waals surface area contributed by atoms with Crippen LogP contribution in [-0.2, 0) is 4.79 Å². The highest BCUT2D eigenvalue weighted by Gasteiger charge is 2.19. The van der Waals surface area contributed by atoms with Gasteiger partial charge in [0.15, 0.2) is 0 Å². The van der Waals surface area contributed by atoms with Gasteiger partial charge >= 0.3 is 0 Å². The minimum Gasteiger partial charge on any atom is -0.354 e. The van der Waals surface area contributed by atoms with E-state index in [1.54, 1.807) is 0 Å². The lowest BCUT2D eigenvalue weighted by Crippen LogP contribution is -2.37. The molecule has 1 fully saturated rings. The summed E-state index contributed by atoms with van der Waals surface area (Å²) in [7, 11) is 0. The van der Waals surface area contributed by atoms with Gasteiger partial charge in [-0.15, -0.1) is 12.4 Å². The topological polar surface area (TPSA) is 41.1 Å². The lowest BCUT2D eigenvalue weighted by atomic mass is 9.89. The van der Waals surface area contributed by atoms with Crippen LogP contribution in [-0.4, -0.2) is 24.5 Å². The van der Waals surface area contributed by atoms with Crippen molar-refractivity contribution in [2.45, 2.75) is 71.9 Å². The summed E-state index contributed by atoms with van der Waals surface area (Å²) in [4.78, 5) is 11.8. The summed E-state index contributed by atoms with van der Waals surface area (Å²) < 4.78 is 0. The van der Waals surface area contributed by atoms with E-state index in [1.807, 2.05) is 0 Å². The van der Waals surface area contributed by atoms with E-state index in [1.165, 1.54) is 6.42 Å². The Bertz CT molecular complexity index is 245. The average molecular weight is 277 g/mol. The minimum absolute atomic E-state index is 0. The quantitative estimate of drug-likeness (QED) is 0.811. The van der Waals surface area contributed by atoms with Crippen molar-refractivity contribution in [3.8, 4) is 0 Å². The van der Waals surface area contributed by atoms with Crippen LogP contribution in [0.1, 0.15) is 59.8 Å². The van der Waals surface area contributed by atoms with E-state index in [2.05, 4.69) is 38.3 Å². The maximum absolute atomic E-state index is 11.8. The van der Waals surface area contributed by atoms with Gasteiger partial charge in [0.2, 0.25) is 5.91 Å². The Balaban J connectivity index is 0.00000289. The normalized spacial score (nSPS) is 21.2. The Morgan fingerprint density at radius 1 is 1.44 bits per heavy atom. The fraction of sp³-hybridized carbons (Fsp3) is 0.929. The van der Waals surface area contributed by atoms with Crippen molar-refractivity contribution < 1.29 is 4.79 Å². The van der Waals surface area contributed by atoms with Crippen molar-refractivity contribution in [3.63, 3.8) is 0 Å². The molecule has 0 aliphatic carbocycles. The van der Waals surface area contributed by atoms with Gasteiger partial charge in [0.05, 0.1) is 0 Å². The fourth-order valence-electron chi connectivity index (χ4n) is 2.21. The molecule has 1 aliphatic rings. The van der Waals surface area contributed by atoms with Gasteiger partial charge in [-0.05, 0) is 44.6 Å². The van der Waals surface area contributed by atoms with Crippen molar-refractivity contribution in [2.75, 3.05) is 6.54 Å². The Morgan fingerprint density at radius 2 is 2.11 bits per heavy atom. The Morgan fingerprint density at radius 3 is 2.61 bits per heavy atom. The standard InChI is InChI=1S/C14H28N2O.ClH/c1-11(7-8-14(2,3)4)16-13(17)10-12-6-5-9-15-12;/h11-12,15H,5-10H2,1-4H3,(H,16,17);1H. The Labute approximate surface area is 118 Å². The molecule has 1 saturated heterocycles. The summed E-state index contributed by atoms with van der Waals surface area (Å²) in [6, 6.07) is 0.702. The van der Waals surface area contributed by atoms with Crippen LogP contribution in [0.4, 0.5) is 0 Å². The first-order valence-corrected chi connectivity index (χ1v) is 6.89. The lowest BCUT2D eigenvalue weighted by molar-refractivity contribution is -0.122. The number of rotatable bonds is 5. The zero-order valence-electron chi connectivity index (χ0n) is 12.2. The number of amides is 1. The van der Waals surface area contributed by atoms with Gasteiger partial charge < -0.3 is 10.6 Å². The highest BCUT2D eigenvalue weighted by atomic mass is 35.5. The number of carbonyl (C=O) groups is 1. The summed E-state index contributed by atoms with van der Waals surface area (Å²) in [6.45, 7) is 9.89. The maximum Gasteiger partial charge on any atom is 0.221 e. The van der Waals surface area contributed by atoms with Crippen molar-refractivity contribution >= 4 is 18.3 Å². The number of nitrogens with one attached hydrogen (secondary N) is 2. The molecule has 1 aliphatic heterocycles. The zero-order chi connectivity index (χ0) is 12.9. The first-order chi connectivity index (χ1) is 7.87. The summed E-state index contributed by atoms with van der Waals surface area (Å²) in [5.41, 5.74) is 0.353. The van der Waals surface area contributed by atoms with Gasteiger partial charge in [-0.3, -0.25) is 4.79 Å². The molecule has 1 amide bonds. The highest BCUT2D eigenvalue weighted by molar-refractivity contribution is 5.85. The summed E-state index contributed by atoms with van der Waals surface area (Å²) in [6.07, 6.45) is 5.20. The van der Waals surface area contributed by atoms with Gasteiger partial charge in [-0.25, -0.2) is 0 Å². The van der Waals surface area contributed by atoms with Gasteiger partial charge in [-0.1, -0.05) is 20.8 Å². The second-order valence-electron chi connectivity index (χ2n) is 6.57. The smallest absolute Gasteiger partial charge is 0.221 e. The van der Waals surface area contributed by atoms with Gasteiger partial charge in [0.1, 0.15) is 0 Å². The van der Waals surface area contributed by atoms with Crippen LogP contribution in [0, 0.1) is 5.41 Å². The third-order valence-corrected chi connectivity index (χ3v) is 3.33.